The summed E-state index contributed by atoms with van der Waals surface area (Å²) in [7, 11) is -2.07. The van der Waals surface area contributed by atoms with Crippen LogP contribution >= 0.6 is 0 Å². The van der Waals surface area contributed by atoms with Gasteiger partial charge in [-0.15, -0.1) is 0 Å². The summed E-state index contributed by atoms with van der Waals surface area (Å²) in [6.07, 6.45) is 1.75. The number of benzene rings is 1. The zero-order chi connectivity index (χ0) is 18.6. The van der Waals surface area contributed by atoms with Crippen molar-refractivity contribution in [3.63, 3.8) is 0 Å². The molecule has 7 nitrogen and oxygen atoms in total. The zero-order valence-corrected chi connectivity index (χ0v) is 15.1. The lowest BCUT2D eigenvalue weighted by molar-refractivity contribution is 0.0950. The standard InChI is InChI=1S/C16H21FN4O3S/c1-11-15(10-21(3)19-11)12(2)20-25(23,24)14-6-4-5-13(9-14)16(22)18-8-7-17/h4-6,9-10,12,20H,7-8H2,1-3H3,(H,18,22)/t12-/m0/s1. The highest BCUT2D eigenvalue weighted by Gasteiger charge is 2.21. The van der Waals surface area contributed by atoms with Crippen molar-refractivity contribution in [1.29, 1.82) is 0 Å². The van der Waals surface area contributed by atoms with Crippen molar-refractivity contribution in [3.8, 4) is 0 Å². The molecular formula is C16H21FN4O3S. The molecular weight excluding hydrogens is 347 g/mol. The Hall–Kier alpha value is -2.26. The molecule has 1 heterocycles. The summed E-state index contributed by atoms with van der Waals surface area (Å²) in [5, 5.41) is 6.56. The summed E-state index contributed by atoms with van der Waals surface area (Å²) in [5.41, 5.74) is 1.65. The maximum absolute atomic E-state index is 12.6. The summed E-state index contributed by atoms with van der Waals surface area (Å²) < 4.78 is 41.5. The number of carbonyl (C=O) groups excluding carboxylic acids is 1. The van der Waals surface area contributed by atoms with E-state index in [0.29, 0.717) is 0 Å². The minimum absolute atomic E-state index is 0.0335. The van der Waals surface area contributed by atoms with Gasteiger partial charge in [-0.2, -0.15) is 5.10 Å². The fourth-order valence-corrected chi connectivity index (χ4v) is 3.74. The van der Waals surface area contributed by atoms with Gasteiger partial charge in [-0.3, -0.25) is 9.48 Å². The van der Waals surface area contributed by atoms with Gasteiger partial charge in [0.1, 0.15) is 6.67 Å². The van der Waals surface area contributed by atoms with Gasteiger partial charge in [-0.1, -0.05) is 6.07 Å². The fraction of sp³-hybridized carbons (Fsp3) is 0.375. The van der Waals surface area contributed by atoms with Crippen LogP contribution in [0.5, 0.6) is 0 Å². The molecule has 136 valence electrons. The minimum Gasteiger partial charge on any atom is -0.349 e. The maximum Gasteiger partial charge on any atom is 0.251 e. The molecule has 25 heavy (non-hydrogen) atoms. The van der Waals surface area contributed by atoms with Crippen molar-refractivity contribution in [2.24, 2.45) is 7.05 Å². The monoisotopic (exact) mass is 368 g/mol. The molecule has 0 saturated carbocycles. The molecule has 1 aromatic carbocycles. The van der Waals surface area contributed by atoms with E-state index in [1.165, 1.54) is 24.3 Å². The minimum atomic E-state index is -3.83. The Morgan fingerprint density at radius 2 is 2.12 bits per heavy atom. The number of aromatic nitrogens is 2. The summed E-state index contributed by atoms with van der Waals surface area (Å²) in [6, 6.07) is 5.12. The van der Waals surface area contributed by atoms with Crippen LogP contribution in [0.25, 0.3) is 0 Å². The van der Waals surface area contributed by atoms with Crippen LogP contribution in [-0.4, -0.2) is 37.3 Å². The molecule has 0 radical (unpaired) electrons. The number of hydrogen-bond acceptors (Lipinski definition) is 4. The SMILES string of the molecule is Cc1nn(C)cc1[C@H](C)NS(=O)(=O)c1cccc(C(=O)NCCF)c1. The molecule has 2 aromatic rings. The first-order valence-corrected chi connectivity index (χ1v) is 9.19. The molecule has 0 aliphatic rings. The van der Waals surface area contributed by atoms with Gasteiger partial charge in [0.25, 0.3) is 5.91 Å². The summed E-state index contributed by atoms with van der Waals surface area (Å²) >= 11 is 0. The van der Waals surface area contributed by atoms with Crippen molar-refractivity contribution in [3.05, 3.63) is 47.3 Å². The number of carbonyl (C=O) groups is 1. The molecule has 0 saturated heterocycles. The average Bonchev–Trinajstić information content (AvgIpc) is 2.91. The smallest absolute Gasteiger partial charge is 0.251 e. The van der Waals surface area contributed by atoms with E-state index in [9.17, 15) is 17.6 Å². The van der Waals surface area contributed by atoms with Crippen molar-refractivity contribution >= 4 is 15.9 Å². The van der Waals surface area contributed by atoms with E-state index in [-0.39, 0.29) is 17.0 Å². The third-order valence-electron chi connectivity index (χ3n) is 3.64. The van der Waals surface area contributed by atoms with Gasteiger partial charge >= 0.3 is 0 Å². The van der Waals surface area contributed by atoms with Gasteiger partial charge in [0, 0.05) is 37.0 Å². The number of alkyl halides is 1. The second-order valence-corrected chi connectivity index (χ2v) is 7.37. The van der Waals surface area contributed by atoms with Crippen molar-refractivity contribution in [2.45, 2.75) is 24.8 Å². The zero-order valence-electron chi connectivity index (χ0n) is 14.3. The Balaban J connectivity index is 2.22. The molecule has 0 bridgehead atoms. The van der Waals surface area contributed by atoms with E-state index >= 15 is 0 Å². The highest BCUT2D eigenvalue weighted by Crippen LogP contribution is 2.19. The van der Waals surface area contributed by atoms with Crippen LogP contribution in [0.1, 0.15) is 34.6 Å². The number of halogens is 1. The molecule has 0 aliphatic carbocycles. The Labute approximate surface area is 146 Å². The average molecular weight is 368 g/mol. The van der Waals surface area contributed by atoms with Crippen LogP contribution in [0.15, 0.2) is 35.4 Å². The molecule has 9 heteroatoms. The van der Waals surface area contributed by atoms with E-state index < -0.39 is 28.6 Å². The molecule has 0 fully saturated rings. The van der Waals surface area contributed by atoms with Crippen molar-refractivity contribution < 1.29 is 17.6 Å². The Morgan fingerprint density at radius 1 is 1.40 bits per heavy atom. The highest BCUT2D eigenvalue weighted by atomic mass is 32.2. The van der Waals surface area contributed by atoms with Gasteiger partial charge in [0.2, 0.25) is 10.0 Å². The van der Waals surface area contributed by atoms with E-state index in [0.717, 1.165) is 11.3 Å². The molecule has 1 atom stereocenters. The van der Waals surface area contributed by atoms with Gasteiger partial charge < -0.3 is 5.32 Å². The summed E-state index contributed by atoms with van der Waals surface area (Å²) in [4.78, 5) is 11.8. The normalized spacial score (nSPS) is 12.8. The Kier molecular flexibility index (Phi) is 5.91. The lowest BCUT2D eigenvalue weighted by Gasteiger charge is -2.14. The van der Waals surface area contributed by atoms with Crippen LogP contribution in [0.2, 0.25) is 0 Å². The number of aryl methyl sites for hydroxylation is 2. The number of nitrogens with one attached hydrogen (secondary N) is 2. The van der Waals surface area contributed by atoms with Gasteiger partial charge in [-0.05, 0) is 32.0 Å². The fourth-order valence-electron chi connectivity index (χ4n) is 2.47. The second-order valence-electron chi connectivity index (χ2n) is 5.66. The number of rotatable bonds is 7. The van der Waals surface area contributed by atoms with E-state index in [4.69, 9.17) is 0 Å². The van der Waals surface area contributed by atoms with E-state index in [1.807, 2.05) is 0 Å². The third kappa shape index (κ3) is 4.64. The van der Waals surface area contributed by atoms with Crippen LogP contribution in [0.4, 0.5) is 4.39 Å². The first-order valence-electron chi connectivity index (χ1n) is 7.71. The molecule has 0 spiro atoms. The number of sulfonamides is 1. The Bertz CT molecular complexity index is 864. The summed E-state index contributed by atoms with van der Waals surface area (Å²) in [6.45, 7) is 2.72. The molecule has 1 aromatic heterocycles. The van der Waals surface area contributed by atoms with Crippen LogP contribution in [-0.2, 0) is 17.1 Å². The van der Waals surface area contributed by atoms with E-state index in [1.54, 1.807) is 31.8 Å². The first kappa shape index (κ1) is 19.1. The lowest BCUT2D eigenvalue weighted by atomic mass is 10.1. The third-order valence-corrected chi connectivity index (χ3v) is 5.17. The summed E-state index contributed by atoms with van der Waals surface area (Å²) in [5.74, 6) is -0.522. The van der Waals surface area contributed by atoms with Crippen LogP contribution in [0.3, 0.4) is 0 Å². The largest absolute Gasteiger partial charge is 0.349 e. The molecule has 0 aliphatic heterocycles. The van der Waals surface area contributed by atoms with Crippen LogP contribution in [0, 0.1) is 6.92 Å². The maximum atomic E-state index is 12.6. The quantitative estimate of drug-likeness (QED) is 0.774. The molecule has 1 amide bonds. The topological polar surface area (TPSA) is 93.1 Å². The van der Waals surface area contributed by atoms with Crippen molar-refractivity contribution in [2.75, 3.05) is 13.2 Å². The van der Waals surface area contributed by atoms with Gasteiger partial charge in [-0.25, -0.2) is 17.5 Å². The van der Waals surface area contributed by atoms with E-state index in [2.05, 4.69) is 15.1 Å². The predicted octanol–water partition coefficient (Wildman–Crippen LogP) is 1.47. The van der Waals surface area contributed by atoms with Gasteiger partial charge in [0.05, 0.1) is 10.6 Å². The van der Waals surface area contributed by atoms with Gasteiger partial charge in [0.15, 0.2) is 0 Å². The number of amides is 1. The van der Waals surface area contributed by atoms with Crippen molar-refractivity contribution in [1.82, 2.24) is 19.8 Å². The lowest BCUT2D eigenvalue weighted by Crippen LogP contribution is -2.28. The van der Waals surface area contributed by atoms with Crippen LogP contribution < -0.4 is 10.0 Å². The molecule has 0 unspecified atom stereocenters. The molecule has 2 N–H and O–H groups in total. The predicted molar refractivity (Wildman–Crippen MR) is 91.4 cm³/mol. The number of nitrogens with zero attached hydrogens (tertiary/aromatic N) is 2. The molecule has 2 rings (SSSR count). The second kappa shape index (κ2) is 7.75. The first-order chi connectivity index (χ1) is 11.7. The number of hydrogen-bond donors (Lipinski definition) is 2. The highest BCUT2D eigenvalue weighted by molar-refractivity contribution is 7.89. The Morgan fingerprint density at radius 3 is 2.72 bits per heavy atom.